The Morgan fingerprint density at radius 3 is 1.53 bits per heavy atom. The highest BCUT2D eigenvalue weighted by Crippen LogP contribution is 2.36. The average Bonchev–Trinajstić information content (AvgIpc) is 2.24. The zero-order chi connectivity index (χ0) is 15.0. The maximum absolute atomic E-state index is 12.5. The van der Waals surface area contributed by atoms with Crippen molar-refractivity contribution in [1.29, 1.82) is 0 Å². The highest BCUT2D eigenvalue weighted by atomic mass is 35.5. The third-order valence-electron chi connectivity index (χ3n) is 2.07. The van der Waals surface area contributed by atoms with Gasteiger partial charge in [-0.1, -0.05) is 23.2 Å². The van der Waals surface area contributed by atoms with Crippen LogP contribution < -0.4 is 0 Å². The molecular formula is C10H4Cl2F6O. The zero-order valence-electron chi connectivity index (χ0n) is 8.74. The number of hydrogen-bond acceptors (Lipinski definition) is 1. The van der Waals surface area contributed by atoms with Gasteiger partial charge in [-0.25, -0.2) is 0 Å². The fraction of sp³-hybridized carbons (Fsp3) is 0.300. The van der Waals surface area contributed by atoms with Gasteiger partial charge >= 0.3 is 12.4 Å². The second-order valence-corrected chi connectivity index (χ2v) is 4.56. The molecule has 0 unspecified atom stereocenters. The molecule has 0 spiro atoms. The fourth-order valence-electron chi connectivity index (χ4n) is 1.22. The Balaban J connectivity index is 3.46. The van der Waals surface area contributed by atoms with Crippen LogP contribution in [-0.2, 0) is 12.4 Å². The van der Waals surface area contributed by atoms with Gasteiger partial charge in [-0.3, -0.25) is 4.79 Å². The molecule has 1 rings (SSSR count). The van der Waals surface area contributed by atoms with Crippen LogP contribution in [0.2, 0.25) is 0 Å². The van der Waals surface area contributed by atoms with E-state index in [4.69, 9.17) is 23.2 Å². The van der Waals surface area contributed by atoms with Crippen LogP contribution in [0.25, 0.3) is 0 Å². The van der Waals surface area contributed by atoms with E-state index in [1.165, 1.54) is 0 Å². The summed E-state index contributed by atoms with van der Waals surface area (Å²) in [5, 5.41) is 0. The molecule has 0 fully saturated rings. The Kier molecular flexibility index (Phi) is 4.41. The lowest BCUT2D eigenvalue weighted by atomic mass is 10.0. The zero-order valence-corrected chi connectivity index (χ0v) is 10.3. The van der Waals surface area contributed by atoms with E-state index >= 15 is 0 Å². The van der Waals surface area contributed by atoms with Crippen LogP contribution in [0.4, 0.5) is 26.3 Å². The number of rotatable bonds is 2. The highest BCUT2D eigenvalue weighted by molar-refractivity contribution is 6.55. The van der Waals surface area contributed by atoms with E-state index in [0.717, 1.165) is 0 Å². The molecule has 0 atom stereocenters. The van der Waals surface area contributed by atoms with Crippen molar-refractivity contribution in [3.05, 3.63) is 34.9 Å². The first kappa shape index (κ1) is 16.1. The van der Waals surface area contributed by atoms with Gasteiger partial charge in [-0.15, -0.1) is 0 Å². The Morgan fingerprint density at radius 1 is 0.895 bits per heavy atom. The second kappa shape index (κ2) is 5.20. The summed E-state index contributed by atoms with van der Waals surface area (Å²) >= 11 is 10.3. The lowest BCUT2D eigenvalue weighted by molar-refractivity contribution is -0.143. The van der Waals surface area contributed by atoms with Crippen molar-refractivity contribution in [2.75, 3.05) is 0 Å². The minimum absolute atomic E-state index is 0.0890. The molecule has 0 saturated heterocycles. The van der Waals surface area contributed by atoms with Crippen molar-refractivity contribution in [3.63, 3.8) is 0 Å². The van der Waals surface area contributed by atoms with Gasteiger partial charge in [0.2, 0.25) is 0 Å². The van der Waals surface area contributed by atoms with Crippen molar-refractivity contribution >= 4 is 29.0 Å². The molecule has 1 aromatic rings. The summed E-state index contributed by atoms with van der Waals surface area (Å²) in [6.07, 6.45) is -10.0. The second-order valence-electron chi connectivity index (χ2n) is 3.46. The molecular weight excluding hydrogens is 321 g/mol. The summed E-state index contributed by atoms with van der Waals surface area (Å²) < 4.78 is 74.7. The Labute approximate surface area is 113 Å². The van der Waals surface area contributed by atoms with Gasteiger partial charge in [0.05, 0.1) is 11.1 Å². The van der Waals surface area contributed by atoms with Crippen LogP contribution in [0.15, 0.2) is 18.2 Å². The molecule has 9 heteroatoms. The monoisotopic (exact) mass is 324 g/mol. The van der Waals surface area contributed by atoms with Gasteiger partial charge in [0.15, 0.2) is 10.6 Å². The third-order valence-corrected chi connectivity index (χ3v) is 2.47. The lowest BCUT2D eigenvalue weighted by Gasteiger charge is -2.13. The number of halogens is 8. The molecule has 0 bridgehead atoms. The molecule has 0 heterocycles. The maximum atomic E-state index is 12.5. The molecule has 0 aromatic heterocycles. The van der Waals surface area contributed by atoms with Crippen LogP contribution >= 0.6 is 23.2 Å². The summed E-state index contributed by atoms with van der Waals surface area (Å²) in [6, 6.07) is 0.457. The van der Waals surface area contributed by atoms with E-state index < -0.39 is 39.7 Å². The van der Waals surface area contributed by atoms with E-state index in [1.54, 1.807) is 0 Å². The molecule has 0 aliphatic carbocycles. The molecule has 0 aliphatic rings. The summed E-state index contributed by atoms with van der Waals surface area (Å²) in [7, 11) is 0. The van der Waals surface area contributed by atoms with E-state index in [1.807, 2.05) is 0 Å². The molecule has 106 valence electrons. The number of alkyl halides is 8. The number of carbonyl (C=O) groups excluding carboxylic acids is 1. The number of Topliss-reactive ketones (excluding diaryl/α,β-unsaturated/α-hetero) is 1. The average molecular weight is 325 g/mol. The highest BCUT2D eigenvalue weighted by Gasteiger charge is 2.37. The first-order chi connectivity index (χ1) is 8.43. The topological polar surface area (TPSA) is 17.1 Å². The molecule has 1 aromatic carbocycles. The SMILES string of the molecule is O=C(c1cc(C(F)(F)F)cc(C(F)(F)F)c1)C(Cl)Cl. The number of ketones is 1. The van der Waals surface area contributed by atoms with E-state index in [-0.39, 0.29) is 18.2 Å². The van der Waals surface area contributed by atoms with Crippen LogP contribution in [0.5, 0.6) is 0 Å². The van der Waals surface area contributed by atoms with Gasteiger partial charge in [0.1, 0.15) is 0 Å². The molecule has 19 heavy (non-hydrogen) atoms. The van der Waals surface area contributed by atoms with E-state index in [9.17, 15) is 31.1 Å². The third kappa shape index (κ3) is 4.01. The molecule has 1 nitrogen and oxygen atoms in total. The Morgan fingerprint density at radius 2 is 1.26 bits per heavy atom. The van der Waals surface area contributed by atoms with Crippen LogP contribution in [0, 0.1) is 0 Å². The smallest absolute Gasteiger partial charge is 0.291 e. The summed E-state index contributed by atoms with van der Waals surface area (Å²) in [4.78, 5) is 9.56. The maximum Gasteiger partial charge on any atom is 0.416 e. The molecule has 0 amide bonds. The van der Waals surface area contributed by atoms with Crippen LogP contribution in [0.3, 0.4) is 0 Å². The first-order valence-electron chi connectivity index (χ1n) is 4.55. The van der Waals surface area contributed by atoms with Crippen molar-refractivity contribution in [2.24, 2.45) is 0 Å². The summed E-state index contributed by atoms with van der Waals surface area (Å²) in [5.41, 5.74) is -4.04. The first-order valence-corrected chi connectivity index (χ1v) is 5.42. The van der Waals surface area contributed by atoms with Gasteiger partial charge < -0.3 is 0 Å². The van der Waals surface area contributed by atoms with Crippen LogP contribution in [-0.4, -0.2) is 10.6 Å². The van der Waals surface area contributed by atoms with Gasteiger partial charge in [-0.05, 0) is 18.2 Å². The standard InChI is InChI=1S/C10H4Cl2F6O/c11-8(12)7(19)4-1-5(9(13,14)15)3-6(2-4)10(16,17)18/h1-3,8H. The lowest BCUT2D eigenvalue weighted by Crippen LogP contribution is -2.15. The van der Waals surface area contributed by atoms with Gasteiger partial charge in [-0.2, -0.15) is 26.3 Å². The summed E-state index contributed by atoms with van der Waals surface area (Å²) in [6.45, 7) is 0. The van der Waals surface area contributed by atoms with Crippen molar-refractivity contribution < 1.29 is 31.1 Å². The van der Waals surface area contributed by atoms with E-state index in [0.29, 0.717) is 0 Å². The summed E-state index contributed by atoms with van der Waals surface area (Å²) in [5.74, 6) is -1.24. The molecule has 0 radical (unpaired) electrons. The number of carbonyl (C=O) groups is 1. The Bertz CT molecular complexity index is 460. The predicted molar refractivity (Wildman–Crippen MR) is 56.3 cm³/mol. The Hall–Kier alpha value is -0.950. The molecule has 0 aliphatic heterocycles. The van der Waals surface area contributed by atoms with Crippen molar-refractivity contribution in [3.8, 4) is 0 Å². The minimum Gasteiger partial charge on any atom is -0.291 e. The fourth-order valence-corrected chi connectivity index (χ4v) is 1.48. The van der Waals surface area contributed by atoms with Crippen molar-refractivity contribution in [2.45, 2.75) is 17.2 Å². The normalized spacial score (nSPS) is 12.9. The van der Waals surface area contributed by atoms with E-state index in [2.05, 4.69) is 0 Å². The largest absolute Gasteiger partial charge is 0.416 e. The van der Waals surface area contributed by atoms with Gasteiger partial charge in [0, 0.05) is 5.56 Å². The molecule has 0 N–H and O–H groups in total. The number of benzene rings is 1. The van der Waals surface area contributed by atoms with Crippen LogP contribution in [0.1, 0.15) is 21.5 Å². The molecule has 0 saturated carbocycles. The number of hydrogen-bond donors (Lipinski definition) is 0. The van der Waals surface area contributed by atoms with Gasteiger partial charge in [0.25, 0.3) is 0 Å². The quantitative estimate of drug-likeness (QED) is 0.437. The minimum atomic E-state index is -5.02. The predicted octanol–water partition coefficient (Wildman–Crippen LogP) is 4.71. The van der Waals surface area contributed by atoms with Crippen molar-refractivity contribution in [1.82, 2.24) is 0 Å².